The van der Waals surface area contributed by atoms with E-state index < -0.39 is 15.9 Å². The van der Waals surface area contributed by atoms with E-state index in [1.165, 1.54) is 0 Å². The van der Waals surface area contributed by atoms with Crippen LogP contribution in [0.1, 0.15) is 18.4 Å². The second-order valence-corrected chi connectivity index (χ2v) is 6.56. The van der Waals surface area contributed by atoms with Crippen molar-refractivity contribution in [2.75, 3.05) is 12.3 Å². The van der Waals surface area contributed by atoms with Crippen molar-refractivity contribution in [1.29, 1.82) is 0 Å². The predicted octanol–water partition coefficient (Wildman–Crippen LogP) is 1.50. The van der Waals surface area contributed by atoms with E-state index >= 15 is 0 Å². The molecule has 0 aliphatic heterocycles. The molecule has 0 saturated heterocycles. The molecule has 8 heteroatoms. The van der Waals surface area contributed by atoms with Gasteiger partial charge in [0.2, 0.25) is 15.9 Å². The fraction of sp³-hybridized carbons (Fsp3) is 0.364. The van der Waals surface area contributed by atoms with Crippen LogP contribution in [-0.4, -0.2) is 26.6 Å². The summed E-state index contributed by atoms with van der Waals surface area (Å²) in [5.41, 5.74) is 0.513. The smallest absolute Gasteiger partial charge is 0.227 e. The Morgan fingerprint density at radius 1 is 1.37 bits per heavy atom. The average Bonchev–Trinajstić information content (AvgIpc) is 2.26. The summed E-state index contributed by atoms with van der Waals surface area (Å²) in [6, 6.07) is 4.95. The van der Waals surface area contributed by atoms with Crippen LogP contribution in [0.4, 0.5) is 0 Å². The van der Waals surface area contributed by atoms with Crippen LogP contribution in [0, 0.1) is 0 Å². The van der Waals surface area contributed by atoms with Gasteiger partial charge in [0.05, 0.1) is 11.7 Å². The van der Waals surface area contributed by atoms with Crippen LogP contribution in [0.15, 0.2) is 18.2 Å². The Hall–Kier alpha value is -0.820. The molecular weight excluding hydrogens is 311 g/mol. The van der Waals surface area contributed by atoms with Gasteiger partial charge in [-0.1, -0.05) is 29.3 Å². The van der Waals surface area contributed by atoms with Gasteiger partial charge < -0.3 is 5.32 Å². The Bertz CT molecular complexity index is 555. The van der Waals surface area contributed by atoms with Crippen molar-refractivity contribution in [1.82, 2.24) is 5.32 Å². The van der Waals surface area contributed by atoms with Gasteiger partial charge in [0.15, 0.2) is 0 Å². The van der Waals surface area contributed by atoms with Crippen LogP contribution < -0.4 is 10.5 Å². The number of hydrogen-bond donors (Lipinski definition) is 2. The lowest BCUT2D eigenvalue weighted by Crippen LogP contribution is -2.34. The number of hydrogen-bond acceptors (Lipinski definition) is 3. The van der Waals surface area contributed by atoms with Gasteiger partial charge in [-0.15, -0.1) is 0 Å². The topological polar surface area (TPSA) is 89.3 Å². The molecule has 0 aliphatic carbocycles. The van der Waals surface area contributed by atoms with Gasteiger partial charge in [0, 0.05) is 22.2 Å². The number of sulfonamides is 1. The van der Waals surface area contributed by atoms with E-state index in [4.69, 9.17) is 28.3 Å². The summed E-state index contributed by atoms with van der Waals surface area (Å²) in [5, 5.41) is 8.09. The van der Waals surface area contributed by atoms with Crippen LogP contribution in [-0.2, 0) is 14.8 Å². The van der Waals surface area contributed by atoms with Gasteiger partial charge in [-0.2, -0.15) is 0 Å². The Balaban J connectivity index is 2.72. The van der Waals surface area contributed by atoms with E-state index in [1.54, 1.807) is 25.1 Å². The molecule has 1 rings (SSSR count). The third-order valence-corrected chi connectivity index (χ3v) is 3.94. The normalized spacial score (nSPS) is 13.1. The first kappa shape index (κ1) is 16.2. The molecule has 0 bridgehead atoms. The first-order valence-corrected chi connectivity index (χ1v) is 7.91. The summed E-state index contributed by atoms with van der Waals surface area (Å²) in [6.45, 7) is 1.59. The number of carbonyl (C=O) groups is 1. The number of primary sulfonamides is 1. The number of halogens is 2. The van der Waals surface area contributed by atoms with Crippen molar-refractivity contribution < 1.29 is 13.2 Å². The quantitative estimate of drug-likeness (QED) is 0.860. The van der Waals surface area contributed by atoms with Crippen molar-refractivity contribution in [2.24, 2.45) is 5.14 Å². The Morgan fingerprint density at radius 3 is 2.37 bits per heavy atom. The molecule has 0 spiro atoms. The Kier molecular flexibility index (Phi) is 5.61. The second kappa shape index (κ2) is 6.56. The summed E-state index contributed by atoms with van der Waals surface area (Å²) in [5.74, 6) is -1.26. The molecule has 0 aromatic heterocycles. The molecule has 1 aromatic rings. The molecule has 1 amide bonds. The summed E-state index contributed by atoms with van der Waals surface area (Å²) < 4.78 is 21.5. The zero-order valence-corrected chi connectivity index (χ0v) is 12.5. The second-order valence-electron chi connectivity index (χ2n) is 4.02. The maximum atomic E-state index is 11.9. The summed E-state index contributed by atoms with van der Waals surface area (Å²) in [7, 11) is -3.59. The lowest BCUT2D eigenvalue weighted by molar-refractivity contribution is -0.122. The molecule has 0 saturated carbocycles. The Morgan fingerprint density at radius 2 is 1.89 bits per heavy atom. The zero-order valence-electron chi connectivity index (χ0n) is 10.2. The fourth-order valence-electron chi connectivity index (χ4n) is 1.53. The van der Waals surface area contributed by atoms with Gasteiger partial charge in [-0.05, 0) is 19.1 Å². The predicted molar refractivity (Wildman–Crippen MR) is 75.9 cm³/mol. The van der Waals surface area contributed by atoms with E-state index in [1.807, 2.05) is 0 Å². The third kappa shape index (κ3) is 4.99. The van der Waals surface area contributed by atoms with Crippen molar-refractivity contribution in [3.8, 4) is 0 Å². The van der Waals surface area contributed by atoms with Gasteiger partial charge >= 0.3 is 0 Å². The molecule has 0 radical (unpaired) electrons. The average molecular weight is 325 g/mol. The number of rotatable bonds is 5. The monoisotopic (exact) mass is 324 g/mol. The molecular formula is C11H14Cl2N2O3S. The number of amides is 1. The third-order valence-electron chi connectivity index (χ3n) is 2.51. The largest absolute Gasteiger partial charge is 0.355 e. The van der Waals surface area contributed by atoms with Crippen molar-refractivity contribution in [3.05, 3.63) is 33.8 Å². The lowest BCUT2D eigenvalue weighted by Gasteiger charge is -2.15. The first-order valence-electron chi connectivity index (χ1n) is 5.44. The highest BCUT2D eigenvalue weighted by Gasteiger charge is 2.20. The van der Waals surface area contributed by atoms with Crippen LogP contribution in [0.25, 0.3) is 0 Å². The van der Waals surface area contributed by atoms with E-state index in [2.05, 4.69) is 5.32 Å². The minimum Gasteiger partial charge on any atom is -0.355 e. The molecule has 3 N–H and O–H groups in total. The minimum absolute atomic E-state index is 0.0515. The van der Waals surface area contributed by atoms with Crippen LogP contribution in [0.5, 0.6) is 0 Å². The highest BCUT2D eigenvalue weighted by molar-refractivity contribution is 7.89. The molecule has 0 fully saturated rings. The standard InChI is InChI=1S/C11H14Cl2N2O3S/c1-7(10-8(12)3-2-4-9(10)13)11(16)15-5-6-19(14,17)18/h2-4,7H,5-6H2,1H3,(H,15,16)(H2,14,17,18). The van der Waals surface area contributed by atoms with Crippen LogP contribution in [0.2, 0.25) is 10.0 Å². The highest BCUT2D eigenvalue weighted by Crippen LogP contribution is 2.31. The fourth-order valence-corrected chi connectivity index (χ4v) is 2.64. The first-order chi connectivity index (χ1) is 8.72. The van der Waals surface area contributed by atoms with Gasteiger partial charge in [-0.25, -0.2) is 13.6 Å². The maximum absolute atomic E-state index is 11.9. The lowest BCUT2D eigenvalue weighted by atomic mass is 10.0. The van der Waals surface area contributed by atoms with Gasteiger partial charge in [-0.3, -0.25) is 4.79 Å². The molecule has 106 valence electrons. The summed E-state index contributed by atoms with van der Waals surface area (Å²) in [4.78, 5) is 11.9. The van der Waals surface area contributed by atoms with Gasteiger partial charge in [0.1, 0.15) is 0 Å². The molecule has 1 unspecified atom stereocenters. The summed E-state index contributed by atoms with van der Waals surface area (Å²) in [6.07, 6.45) is 0. The minimum atomic E-state index is -3.59. The van der Waals surface area contributed by atoms with E-state index in [0.717, 1.165) is 0 Å². The van der Waals surface area contributed by atoms with Crippen molar-refractivity contribution in [3.63, 3.8) is 0 Å². The van der Waals surface area contributed by atoms with Gasteiger partial charge in [0.25, 0.3) is 0 Å². The molecule has 19 heavy (non-hydrogen) atoms. The Labute approximate surface area is 122 Å². The van der Waals surface area contributed by atoms with Crippen molar-refractivity contribution in [2.45, 2.75) is 12.8 Å². The van der Waals surface area contributed by atoms with Crippen LogP contribution in [0.3, 0.4) is 0 Å². The maximum Gasteiger partial charge on any atom is 0.227 e. The SMILES string of the molecule is CC(C(=O)NCCS(N)(=O)=O)c1c(Cl)cccc1Cl. The van der Waals surface area contributed by atoms with E-state index in [-0.39, 0.29) is 18.2 Å². The molecule has 0 aliphatic rings. The highest BCUT2D eigenvalue weighted by atomic mass is 35.5. The van der Waals surface area contributed by atoms with E-state index in [0.29, 0.717) is 15.6 Å². The zero-order chi connectivity index (χ0) is 14.6. The summed E-state index contributed by atoms with van der Waals surface area (Å²) >= 11 is 12.0. The number of carbonyl (C=O) groups excluding carboxylic acids is 1. The molecule has 1 atom stereocenters. The molecule has 5 nitrogen and oxygen atoms in total. The molecule has 1 aromatic carbocycles. The van der Waals surface area contributed by atoms with E-state index in [9.17, 15) is 13.2 Å². The number of nitrogens with one attached hydrogen (secondary N) is 1. The number of benzene rings is 1. The van der Waals surface area contributed by atoms with Crippen molar-refractivity contribution >= 4 is 39.1 Å². The number of nitrogens with two attached hydrogens (primary N) is 1. The molecule has 0 heterocycles. The van der Waals surface area contributed by atoms with Crippen LogP contribution >= 0.6 is 23.2 Å².